The Bertz CT molecular complexity index is 910. The molecule has 0 aromatic carbocycles. The number of alkyl halides is 3. The van der Waals surface area contributed by atoms with Gasteiger partial charge in [0.25, 0.3) is 5.91 Å². The van der Waals surface area contributed by atoms with Crippen LogP contribution in [0.3, 0.4) is 0 Å². The van der Waals surface area contributed by atoms with Crippen molar-refractivity contribution in [3.63, 3.8) is 0 Å². The molecule has 1 amide bonds. The zero-order valence-electron chi connectivity index (χ0n) is 17.7. The number of aromatic nitrogens is 2. The maximum atomic E-state index is 12.6. The number of carbonyl (C=O) groups excluding carboxylic acids is 1. The van der Waals surface area contributed by atoms with Crippen LogP contribution in [0.4, 0.5) is 13.2 Å². The van der Waals surface area contributed by atoms with E-state index in [0.29, 0.717) is 32.9 Å². The summed E-state index contributed by atoms with van der Waals surface area (Å²) in [6.07, 6.45) is 1.26. The first-order chi connectivity index (χ1) is 15.7. The molecule has 1 aliphatic heterocycles. The number of carboxylic acid groups (broad SMARTS) is 1. The minimum Gasteiger partial charge on any atom is -0.475 e. The van der Waals surface area contributed by atoms with Crippen LogP contribution in [0.5, 0.6) is 0 Å². The number of pyridine rings is 1. The number of aliphatic carboxylic acids is 1. The Morgan fingerprint density at radius 2 is 2.06 bits per heavy atom. The Balaban J connectivity index is 0.000000383. The van der Waals surface area contributed by atoms with E-state index in [2.05, 4.69) is 10.1 Å². The maximum absolute atomic E-state index is 12.6. The lowest BCUT2D eigenvalue weighted by Crippen LogP contribution is -2.56. The van der Waals surface area contributed by atoms with Crippen LogP contribution in [0.15, 0.2) is 41.2 Å². The van der Waals surface area contributed by atoms with Crippen LogP contribution in [-0.2, 0) is 20.9 Å². The highest BCUT2D eigenvalue weighted by Crippen LogP contribution is 2.41. The van der Waals surface area contributed by atoms with Gasteiger partial charge in [-0.15, -0.1) is 0 Å². The molecule has 2 aromatic heterocycles. The lowest BCUT2D eigenvalue weighted by atomic mass is 9.89. The Morgan fingerprint density at radius 3 is 2.70 bits per heavy atom. The monoisotopic (exact) mass is 471 g/mol. The van der Waals surface area contributed by atoms with Crippen LogP contribution < -0.4 is 0 Å². The molecule has 9 nitrogen and oxygen atoms in total. The van der Waals surface area contributed by atoms with Crippen molar-refractivity contribution in [3.05, 3.63) is 48.1 Å². The summed E-state index contributed by atoms with van der Waals surface area (Å²) in [5, 5.41) is 10.8. The number of hydrogen-bond acceptors (Lipinski definition) is 7. The van der Waals surface area contributed by atoms with Crippen molar-refractivity contribution in [1.29, 1.82) is 0 Å². The van der Waals surface area contributed by atoms with E-state index in [4.69, 9.17) is 23.9 Å². The van der Waals surface area contributed by atoms with Crippen molar-refractivity contribution in [1.82, 2.24) is 15.0 Å². The van der Waals surface area contributed by atoms with Crippen molar-refractivity contribution in [3.8, 4) is 0 Å². The highest BCUT2D eigenvalue weighted by Gasteiger charge is 2.48. The second kappa shape index (κ2) is 10.8. The Kier molecular flexibility index (Phi) is 8.03. The summed E-state index contributed by atoms with van der Waals surface area (Å²) in [6.45, 7) is 2.79. The van der Waals surface area contributed by atoms with Gasteiger partial charge in [0.15, 0.2) is 0 Å². The minimum absolute atomic E-state index is 0.120. The Morgan fingerprint density at radius 1 is 1.27 bits per heavy atom. The molecule has 0 radical (unpaired) electrons. The van der Waals surface area contributed by atoms with Gasteiger partial charge in [-0.2, -0.15) is 13.2 Å². The van der Waals surface area contributed by atoms with Crippen molar-refractivity contribution < 1.29 is 41.9 Å². The van der Waals surface area contributed by atoms with Crippen LogP contribution in [0.1, 0.15) is 35.5 Å². The van der Waals surface area contributed by atoms with E-state index in [1.165, 1.54) is 6.20 Å². The van der Waals surface area contributed by atoms with Gasteiger partial charge >= 0.3 is 12.1 Å². The number of halogens is 3. The van der Waals surface area contributed by atoms with Gasteiger partial charge in [0.1, 0.15) is 0 Å². The summed E-state index contributed by atoms with van der Waals surface area (Å²) >= 11 is 0. The van der Waals surface area contributed by atoms with Crippen LogP contribution in [-0.4, -0.2) is 70.1 Å². The molecule has 1 saturated heterocycles. The van der Waals surface area contributed by atoms with Gasteiger partial charge in [0.05, 0.1) is 43.9 Å². The highest BCUT2D eigenvalue weighted by molar-refractivity contribution is 5.91. The van der Waals surface area contributed by atoms with E-state index >= 15 is 0 Å². The van der Waals surface area contributed by atoms with Crippen molar-refractivity contribution in [2.75, 3.05) is 26.3 Å². The number of carboxylic acids is 1. The van der Waals surface area contributed by atoms with Gasteiger partial charge in [-0.3, -0.25) is 9.78 Å². The average molecular weight is 471 g/mol. The third-order valence-electron chi connectivity index (χ3n) is 5.58. The van der Waals surface area contributed by atoms with Gasteiger partial charge in [-0.05, 0) is 25.0 Å². The number of amides is 1. The number of rotatable bonds is 5. The first kappa shape index (κ1) is 24.6. The normalized spacial score (nSPS) is 22.6. The zero-order valence-corrected chi connectivity index (χ0v) is 17.7. The molecule has 3 heterocycles. The summed E-state index contributed by atoms with van der Waals surface area (Å²) in [5.41, 5.74) is 0.601. The van der Waals surface area contributed by atoms with Crippen molar-refractivity contribution in [2.24, 2.45) is 5.92 Å². The van der Waals surface area contributed by atoms with Crippen LogP contribution >= 0.6 is 0 Å². The fourth-order valence-corrected chi connectivity index (χ4v) is 4.00. The van der Waals surface area contributed by atoms with E-state index < -0.39 is 12.1 Å². The summed E-state index contributed by atoms with van der Waals surface area (Å²) in [5.74, 6) is -2.32. The number of ether oxygens (including phenoxy) is 2. The molecule has 1 saturated carbocycles. The third kappa shape index (κ3) is 6.51. The second-order valence-corrected chi connectivity index (χ2v) is 7.74. The highest BCUT2D eigenvalue weighted by atomic mass is 19.4. The number of carbonyl (C=O) groups is 2. The molecule has 1 aliphatic carbocycles. The summed E-state index contributed by atoms with van der Waals surface area (Å²) in [6, 6.07) is 7.41. The predicted octanol–water partition coefficient (Wildman–Crippen LogP) is 2.93. The molecule has 12 heteroatoms. The molecule has 2 aliphatic rings. The van der Waals surface area contributed by atoms with E-state index in [0.717, 1.165) is 25.0 Å². The molecule has 0 unspecified atom stereocenters. The summed E-state index contributed by atoms with van der Waals surface area (Å²) < 4.78 is 48.9. The van der Waals surface area contributed by atoms with Crippen LogP contribution in [0.2, 0.25) is 0 Å². The number of morpholine rings is 1. The molecule has 2 fully saturated rings. The topological polar surface area (TPSA) is 115 Å². The van der Waals surface area contributed by atoms with Crippen LogP contribution in [0, 0.1) is 5.92 Å². The first-order valence-corrected chi connectivity index (χ1v) is 10.3. The predicted molar refractivity (Wildman–Crippen MR) is 106 cm³/mol. The molecule has 2 atom stereocenters. The van der Waals surface area contributed by atoms with Gasteiger partial charge in [-0.1, -0.05) is 17.6 Å². The van der Waals surface area contributed by atoms with Gasteiger partial charge in [0.2, 0.25) is 5.76 Å². The lowest BCUT2D eigenvalue weighted by Gasteiger charge is -2.43. The average Bonchev–Trinajstić information content (AvgIpc) is 3.45. The number of nitrogens with zero attached hydrogens (tertiary/aromatic N) is 3. The van der Waals surface area contributed by atoms with E-state index in [1.807, 2.05) is 23.1 Å². The van der Waals surface area contributed by atoms with Gasteiger partial charge < -0.3 is 24.0 Å². The fraction of sp³-hybridized carbons (Fsp3) is 0.524. The van der Waals surface area contributed by atoms with E-state index in [1.54, 1.807) is 12.3 Å². The molecule has 1 N–H and O–H groups in total. The quantitative estimate of drug-likeness (QED) is 0.708. The maximum Gasteiger partial charge on any atom is 0.490 e. The standard InChI is InChI=1S/C19H23N3O4.C2HF3O2/c23-18(17-6-9-21-26-17)22-10-11-25-19(14-22)7-3-4-15(19)12-24-13-16-5-1-2-8-20-16;3-2(4,5)1(6)7/h1-2,5-6,8-9,15H,3-4,7,10-14H2;(H,6,7)/t15-,19-;/m1./s1. The molecule has 180 valence electrons. The molecule has 33 heavy (non-hydrogen) atoms. The third-order valence-corrected chi connectivity index (χ3v) is 5.58. The van der Waals surface area contributed by atoms with Crippen molar-refractivity contribution >= 4 is 11.9 Å². The zero-order chi connectivity index (χ0) is 23.9. The van der Waals surface area contributed by atoms with Crippen LogP contribution in [0.25, 0.3) is 0 Å². The molecular formula is C21H24F3N3O6. The van der Waals surface area contributed by atoms with Gasteiger partial charge in [-0.25, -0.2) is 4.79 Å². The first-order valence-electron chi connectivity index (χ1n) is 10.3. The van der Waals surface area contributed by atoms with Gasteiger partial charge in [0, 0.05) is 24.7 Å². The molecule has 2 aromatic rings. The minimum atomic E-state index is -5.08. The largest absolute Gasteiger partial charge is 0.490 e. The molecular weight excluding hydrogens is 447 g/mol. The second-order valence-electron chi connectivity index (χ2n) is 7.74. The molecule has 1 spiro atoms. The smallest absolute Gasteiger partial charge is 0.475 e. The fourth-order valence-electron chi connectivity index (χ4n) is 4.00. The molecule has 4 rings (SSSR count). The van der Waals surface area contributed by atoms with Crippen molar-refractivity contribution in [2.45, 2.75) is 37.6 Å². The van der Waals surface area contributed by atoms with E-state index in [-0.39, 0.29) is 23.2 Å². The lowest BCUT2D eigenvalue weighted by molar-refractivity contribution is -0.192. The Labute approximate surface area is 187 Å². The Hall–Kier alpha value is -2.99. The molecule has 0 bridgehead atoms. The number of hydrogen-bond donors (Lipinski definition) is 1. The SMILES string of the molecule is O=C(O)C(F)(F)F.O=C(c1ccno1)N1CCO[C@]2(CCC[C@@H]2COCc2ccccn2)C1. The summed E-state index contributed by atoms with van der Waals surface area (Å²) in [4.78, 5) is 27.6. The van der Waals surface area contributed by atoms with E-state index in [9.17, 15) is 18.0 Å². The summed E-state index contributed by atoms with van der Waals surface area (Å²) in [7, 11) is 0.